The predicted octanol–water partition coefficient (Wildman–Crippen LogP) is 2.60. The van der Waals surface area contributed by atoms with E-state index in [1.807, 2.05) is 31.2 Å². The standard InChI is InChI=1S/C22H32N4O3/c1-5-23-21(25-13-12-24-20(28)19-7-6-14-29-19)26-15-18(27)16-8-10-17(11-9-16)22(2,3)4/h6-11,14,18,27H,5,12-13,15H2,1-4H3,(H,24,28)(H2,23,25,26). The number of nitrogens with one attached hydrogen (secondary N) is 3. The SMILES string of the molecule is CCNC(=NCC(O)c1ccc(C(C)(C)C)cc1)NCCNC(=O)c1ccco1. The highest BCUT2D eigenvalue weighted by Gasteiger charge is 2.14. The molecule has 0 saturated carbocycles. The molecule has 0 radical (unpaired) electrons. The minimum atomic E-state index is -0.682. The Morgan fingerprint density at radius 2 is 1.79 bits per heavy atom. The molecule has 158 valence electrons. The zero-order chi connectivity index (χ0) is 21.3. The Balaban J connectivity index is 1.83. The smallest absolute Gasteiger partial charge is 0.287 e. The van der Waals surface area contributed by atoms with Crippen LogP contribution in [0.25, 0.3) is 0 Å². The molecule has 2 rings (SSSR count). The van der Waals surface area contributed by atoms with E-state index < -0.39 is 6.10 Å². The number of amides is 1. The van der Waals surface area contributed by atoms with Gasteiger partial charge in [0.15, 0.2) is 11.7 Å². The van der Waals surface area contributed by atoms with Crippen molar-refractivity contribution in [1.29, 1.82) is 0 Å². The molecule has 0 aliphatic rings. The van der Waals surface area contributed by atoms with Crippen molar-refractivity contribution in [3.63, 3.8) is 0 Å². The number of hydrogen-bond donors (Lipinski definition) is 4. The van der Waals surface area contributed by atoms with Crippen LogP contribution in [0.2, 0.25) is 0 Å². The summed E-state index contributed by atoms with van der Waals surface area (Å²) in [7, 11) is 0. The van der Waals surface area contributed by atoms with Gasteiger partial charge in [0, 0.05) is 19.6 Å². The van der Waals surface area contributed by atoms with Gasteiger partial charge in [0.05, 0.1) is 18.9 Å². The molecule has 0 aliphatic carbocycles. The molecule has 7 heteroatoms. The summed E-state index contributed by atoms with van der Waals surface area (Å²) >= 11 is 0. The molecular formula is C22H32N4O3. The Morgan fingerprint density at radius 3 is 2.38 bits per heavy atom. The number of aliphatic imine (C=N–C) groups is 1. The Bertz CT molecular complexity index is 777. The van der Waals surface area contributed by atoms with Crippen LogP contribution in [0, 0.1) is 0 Å². The van der Waals surface area contributed by atoms with E-state index in [1.165, 1.54) is 11.8 Å². The molecule has 1 aromatic carbocycles. The number of benzene rings is 1. The normalized spacial score (nSPS) is 13.1. The van der Waals surface area contributed by atoms with Crippen molar-refractivity contribution < 1.29 is 14.3 Å². The summed E-state index contributed by atoms with van der Waals surface area (Å²) in [6, 6.07) is 11.3. The van der Waals surface area contributed by atoms with Crippen LogP contribution in [0.15, 0.2) is 52.1 Å². The lowest BCUT2D eigenvalue weighted by atomic mass is 9.86. The van der Waals surface area contributed by atoms with Crippen molar-refractivity contribution >= 4 is 11.9 Å². The number of carbonyl (C=O) groups is 1. The Hall–Kier alpha value is -2.80. The van der Waals surface area contributed by atoms with Crippen LogP contribution in [0.1, 0.15) is 55.5 Å². The molecule has 1 aromatic heterocycles. The van der Waals surface area contributed by atoms with Gasteiger partial charge in [0.1, 0.15) is 0 Å². The number of hydrogen-bond acceptors (Lipinski definition) is 4. The van der Waals surface area contributed by atoms with E-state index in [0.717, 1.165) is 5.56 Å². The van der Waals surface area contributed by atoms with Crippen LogP contribution >= 0.6 is 0 Å². The predicted molar refractivity (Wildman–Crippen MR) is 115 cm³/mol. The maximum atomic E-state index is 11.8. The highest BCUT2D eigenvalue weighted by molar-refractivity contribution is 5.91. The first-order valence-electron chi connectivity index (χ1n) is 9.93. The fourth-order valence-corrected chi connectivity index (χ4v) is 2.68. The minimum Gasteiger partial charge on any atom is -0.459 e. The number of aliphatic hydroxyl groups excluding tert-OH is 1. The molecule has 1 unspecified atom stereocenters. The number of nitrogens with zero attached hydrogens (tertiary/aromatic N) is 1. The second kappa shape index (κ2) is 10.7. The molecule has 1 atom stereocenters. The summed E-state index contributed by atoms with van der Waals surface area (Å²) in [6.07, 6.45) is 0.781. The summed E-state index contributed by atoms with van der Waals surface area (Å²) in [4.78, 5) is 16.3. The van der Waals surface area contributed by atoms with Gasteiger partial charge in [-0.1, -0.05) is 45.0 Å². The van der Waals surface area contributed by atoms with E-state index in [4.69, 9.17) is 4.42 Å². The van der Waals surface area contributed by atoms with Gasteiger partial charge >= 0.3 is 0 Å². The van der Waals surface area contributed by atoms with Crippen molar-refractivity contribution in [3.8, 4) is 0 Å². The first-order valence-corrected chi connectivity index (χ1v) is 9.93. The lowest BCUT2D eigenvalue weighted by molar-refractivity contribution is 0.0926. The van der Waals surface area contributed by atoms with Gasteiger partial charge in [-0.3, -0.25) is 9.79 Å². The summed E-state index contributed by atoms with van der Waals surface area (Å²) < 4.78 is 5.05. The van der Waals surface area contributed by atoms with Gasteiger partial charge in [-0.05, 0) is 35.6 Å². The number of furan rings is 1. The quantitative estimate of drug-likeness (QED) is 0.310. The van der Waals surface area contributed by atoms with Crippen molar-refractivity contribution in [3.05, 3.63) is 59.5 Å². The fourth-order valence-electron chi connectivity index (χ4n) is 2.68. The maximum absolute atomic E-state index is 11.8. The summed E-state index contributed by atoms with van der Waals surface area (Å²) in [5.41, 5.74) is 2.14. The third-order valence-corrected chi connectivity index (χ3v) is 4.38. The highest BCUT2D eigenvalue weighted by atomic mass is 16.3. The third kappa shape index (κ3) is 7.27. The van der Waals surface area contributed by atoms with Gasteiger partial charge < -0.3 is 25.5 Å². The number of rotatable bonds is 8. The highest BCUT2D eigenvalue weighted by Crippen LogP contribution is 2.24. The van der Waals surface area contributed by atoms with Crippen molar-refractivity contribution in [2.24, 2.45) is 4.99 Å². The lowest BCUT2D eigenvalue weighted by Crippen LogP contribution is -2.41. The summed E-state index contributed by atoms with van der Waals surface area (Å²) in [5.74, 6) is 0.615. The molecule has 1 heterocycles. The average molecular weight is 401 g/mol. The first-order chi connectivity index (χ1) is 13.8. The third-order valence-electron chi connectivity index (χ3n) is 4.38. The lowest BCUT2D eigenvalue weighted by Gasteiger charge is -2.20. The largest absolute Gasteiger partial charge is 0.459 e. The number of guanidine groups is 1. The zero-order valence-corrected chi connectivity index (χ0v) is 17.7. The molecule has 4 N–H and O–H groups in total. The molecule has 2 aromatic rings. The molecule has 7 nitrogen and oxygen atoms in total. The molecule has 0 fully saturated rings. The van der Waals surface area contributed by atoms with Gasteiger partial charge in [-0.25, -0.2) is 0 Å². The monoisotopic (exact) mass is 400 g/mol. The molecule has 29 heavy (non-hydrogen) atoms. The van der Waals surface area contributed by atoms with Crippen LogP contribution in [-0.2, 0) is 5.41 Å². The second-order valence-electron chi connectivity index (χ2n) is 7.77. The topological polar surface area (TPSA) is 98.9 Å². The minimum absolute atomic E-state index is 0.0795. The Labute approximate surface area is 172 Å². The number of carbonyl (C=O) groups excluding carboxylic acids is 1. The molecule has 0 bridgehead atoms. The molecule has 0 saturated heterocycles. The van der Waals surface area contributed by atoms with E-state index in [1.54, 1.807) is 12.1 Å². The van der Waals surface area contributed by atoms with Gasteiger partial charge in [0.25, 0.3) is 5.91 Å². The van der Waals surface area contributed by atoms with Crippen molar-refractivity contribution in [2.75, 3.05) is 26.2 Å². The van der Waals surface area contributed by atoms with Crippen LogP contribution in [-0.4, -0.2) is 43.2 Å². The van der Waals surface area contributed by atoms with E-state index in [9.17, 15) is 9.90 Å². The Kier molecular flexibility index (Phi) is 8.27. The van der Waals surface area contributed by atoms with Gasteiger partial charge in [0.2, 0.25) is 0 Å². The van der Waals surface area contributed by atoms with E-state index in [-0.39, 0.29) is 23.6 Å². The fraction of sp³-hybridized carbons (Fsp3) is 0.455. The molecular weight excluding hydrogens is 368 g/mol. The van der Waals surface area contributed by atoms with E-state index in [0.29, 0.717) is 25.6 Å². The van der Waals surface area contributed by atoms with Gasteiger partial charge in [-0.2, -0.15) is 0 Å². The summed E-state index contributed by atoms with van der Waals surface area (Å²) in [5, 5.41) is 19.5. The summed E-state index contributed by atoms with van der Waals surface area (Å²) in [6.45, 7) is 10.3. The number of aliphatic hydroxyl groups is 1. The van der Waals surface area contributed by atoms with Crippen LogP contribution < -0.4 is 16.0 Å². The average Bonchev–Trinajstić information content (AvgIpc) is 3.23. The van der Waals surface area contributed by atoms with E-state index in [2.05, 4.69) is 41.7 Å². The zero-order valence-electron chi connectivity index (χ0n) is 17.7. The molecule has 0 spiro atoms. The van der Waals surface area contributed by atoms with Crippen molar-refractivity contribution in [1.82, 2.24) is 16.0 Å². The second-order valence-corrected chi connectivity index (χ2v) is 7.77. The first kappa shape index (κ1) is 22.5. The van der Waals surface area contributed by atoms with Crippen LogP contribution in [0.3, 0.4) is 0 Å². The van der Waals surface area contributed by atoms with Crippen LogP contribution in [0.4, 0.5) is 0 Å². The van der Waals surface area contributed by atoms with Crippen molar-refractivity contribution in [2.45, 2.75) is 39.2 Å². The van der Waals surface area contributed by atoms with Crippen LogP contribution in [0.5, 0.6) is 0 Å². The molecule has 1 amide bonds. The maximum Gasteiger partial charge on any atom is 0.287 e. The molecule has 0 aliphatic heterocycles. The van der Waals surface area contributed by atoms with Gasteiger partial charge in [-0.15, -0.1) is 0 Å². The van der Waals surface area contributed by atoms with E-state index >= 15 is 0 Å². The Morgan fingerprint density at radius 1 is 1.10 bits per heavy atom.